The quantitative estimate of drug-likeness (QED) is 0.471. The number of fused-ring (bicyclic) bond motifs is 1. The van der Waals surface area contributed by atoms with Crippen LogP contribution in [0.4, 0.5) is 0 Å². The van der Waals surface area contributed by atoms with E-state index in [4.69, 9.17) is 5.14 Å². The standard InChI is InChI=1S/C20H23N9O2S/c1-27-8-6-15(7-9-27)28-13-14(11-23-28)10-19-22-12-18-20(24-19)29(26-25-18)16-2-4-17(5-3-16)32(21,30)31/h2-5,11-13,15H,6-10H2,1H3,(H2,21,30,31). The van der Waals surface area contributed by atoms with Crippen LogP contribution in [0.2, 0.25) is 0 Å². The number of rotatable bonds is 5. The van der Waals surface area contributed by atoms with Crippen molar-refractivity contribution in [2.75, 3.05) is 20.1 Å². The molecule has 0 amide bonds. The molecule has 1 aromatic carbocycles. The molecular weight excluding hydrogens is 430 g/mol. The highest BCUT2D eigenvalue weighted by atomic mass is 32.2. The molecule has 0 spiro atoms. The summed E-state index contributed by atoms with van der Waals surface area (Å²) >= 11 is 0. The SMILES string of the molecule is CN1CCC(n2cc(Cc3ncc4nnn(-c5ccc(S(N)(=O)=O)cc5)c4n3)cn2)CC1. The molecule has 4 aromatic rings. The second-order valence-corrected chi connectivity index (χ2v) is 9.64. The molecule has 166 valence electrons. The third-order valence-electron chi connectivity index (χ3n) is 5.73. The van der Waals surface area contributed by atoms with E-state index in [1.54, 1.807) is 23.0 Å². The number of nitrogens with two attached hydrogens (primary N) is 1. The fraction of sp³-hybridized carbons (Fsp3) is 0.350. The zero-order valence-corrected chi connectivity index (χ0v) is 18.4. The lowest BCUT2D eigenvalue weighted by Crippen LogP contribution is -2.31. The highest BCUT2D eigenvalue weighted by molar-refractivity contribution is 7.89. The number of benzene rings is 1. The molecule has 4 heterocycles. The van der Waals surface area contributed by atoms with Gasteiger partial charge in [0.25, 0.3) is 0 Å². The molecule has 1 fully saturated rings. The Bertz CT molecular complexity index is 1350. The first kappa shape index (κ1) is 20.7. The molecule has 1 aliphatic heterocycles. The van der Waals surface area contributed by atoms with E-state index in [1.165, 1.54) is 12.1 Å². The van der Waals surface area contributed by atoms with Crippen LogP contribution in [-0.4, -0.2) is 68.2 Å². The Morgan fingerprint density at radius 1 is 1.12 bits per heavy atom. The van der Waals surface area contributed by atoms with Crippen molar-refractivity contribution in [3.05, 3.63) is 54.2 Å². The van der Waals surface area contributed by atoms with Gasteiger partial charge in [-0.1, -0.05) is 5.21 Å². The first-order chi connectivity index (χ1) is 15.4. The Morgan fingerprint density at radius 3 is 2.59 bits per heavy atom. The van der Waals surface area contributed by atoms with Crippen LogP contribution in [0.25, 0.3) is 16.9 Å². The molecule has 0 unspecified atom stereocenters. The lowest BCUT2D eigenvalue weighted by molar-refractivity contribution is 0.212. The maximum Gasteiger partial charge on any atom is 0.238 e. The normalized spacial score (nSPS) is 16.1. The minimum absolute atomic E-state index is 0.0302. The maximum atomic E-state index is 11.5. The van der Waals surface area contributed by atoms with Gasteiger partial charge in [0.1, 0.15) is 5.82 Å². The van der Waals surface area contributed by atoms with Crippen molar-refractivity contribution in [1.82, 2.24) is 39.6 Å². The molecule has 0 saturated carbocycles. The summed E-state index contributed by atoms with van der Waals surface area (Å²) in [5.74, 6) is 0.630. The molecule has 2 N–H and O–H groups in total. The van der Waals surface area contributed by atoms with Gasteiger partial charge >= 0.3 is 0 Å². The van der Waals surface area contributed by atoms with Crippen molar-refractivity contribution in [2.24, 2.45) is 5.14 Å². The molecule has 0 aliphatic carbocycles. The summed E-state index contributed by atoms with van der Waals surface area (Å²) in [6, 6.07) is 6.51. The van der Waals surface area contributed by atoms with Crippen LogP contribution in [0.1, 0.15) is 30.3 Å². The third-order valence-corrected chi connectivity index (χ3v) is 6.66. The molecule has 1 saturated heterocycles. The molecule has 0 atom stereocenters. The Morgan fingerprint density at radius 2 is 1.88 bits per heavy atom. The number of hydrogen-bond acceptors (Lipinski definition) is 8. The van der Waals surface area contributed by atoms with Crippen LogP contribution >= 0.6 is 0 Å². The van der Waals surface area contributed by atoms with Crippen molar-refractivity contribution < 1.29 is 8.42 Å². The molecule has 11 nitrogen and oxygen atoms in total. The van der Waals surface area contributed by atoms with Gasteiger partial charge in [-0.05, 0) is 62.8 Å². The molecule has 3 aromatic heterocycles. The minimum Gasteiger partial charge on any atom is -0.306 e. The van der Waals surface area contributed by atoms with Crippen molar-refractivity contribution in [2.45, 2.75) is 30.2 Å². The molecule has 0 bridgehead atoms. The molecular formula is C20H23N9O2S. The number of primary sulfonamides is 1. The summed E-state index contributed by atoms with van der Waals surface area (Å²) in [5.41, 5.74) is 2.76. The number of nitrogens with zero attached hydrogens (tertiary/aromatic N) is 8. The van der Waals surface area contributed by atoms with E-state index in [0.29, 0.717) is 35.1 Å². The third kappa shape index (κ3) is 4.11. The fourth-order valence-electron chi connectivity index (χ4n) is 3.91. The van der Waals surface area contributed by atoms with Gasteiger partial charge in [-0.25, -0.2) is 23.5 Å². The number of sulfonamides is 1. The van der Waals surface area contributed by atoms with Gasteiger partial charge in [-0.15, -0.1) is 5.10 Å². The highest BCUT2D eigenvalue weighted by Crippen LogP contribution is 2.22. The summed E-state index contributed by atoms with van der Waals surface area (Å²) in [7, 11) is -1.62. The average molecular weight is 454 g/mol. The molecule has 12 heteroatoms. The van der Waals surface area contributed by atoms with Gasteiger partial charge in [0, 0.05) is 12.6 Å². The average Bonchev–Trinajstić information content (AvgIpc) is 3.41. The van der Waals surface area contributed by atoms with E-state index in [2.05, 4.69) is 48.2 Å². The zero-order valence-electron chi connectivity index (χ0n) is 17.5. The van der Waals surface area contributed by atoms with Crippen molar-refractivity contribution in [3.8, 4) is 5.69 Å². The van der Waals surface area contributed by atoms with Gasteiger partial charge in [0.15, 0.2) is 11.2 Å². The van der Waals surface area contributed by atoms with Crippen LogP contribution in [0, 0.1) is 0 Å². The lowest BCUT2D eigenvalue weighted by atomic mass is 10.1. The van der Waals surface area contributed by atoms with E-state index in [0.717, 1.165) is 31.5 Å². The summed E-state index contributed by atoms with van der Waals surface area (Å²) < 4.78 is 26.6. The topological polar surface area (TPSA) is 138 Å². The molecule has 5 rings (SSSR count). The molecule has 32 heavy (non-hydrogen) atoms. The Balaban J connectivity index is 1.38. The minimum atomic E-state index is -3.76. The first-order valence-corrected chi connectivity index (χ1v) is 11.8. The van der Waals surface area contributed by atoms with Gasteiger partial charge in [-0.3, -0.25) is 4.68 Å². The Kier molecular flexibility index (Phi) is 5.19. The van der Waals surface area contributed by atoms with Gasteiger partial charge in [0.05, 0.1) is 29.0 Å². The largest absolute Gasteiger partial charge is 0.306 e. The van der Waals surface area contributed by atoms with Gasteiger partial charge in [-0.2, -0.15) is 9.78 Å². The Labute approximate surface area is 184 Å². The number of hydrogen-bond donors (Lipinski definition) is 1. The first-order valence-electron chi connectivity index (χ1n) is 10.3. The fourth-order valence-corrected chi connectivity index (χ4v) is 4.43. The zero-order chi connectivity index (χ0) is 22.3. The summed E-state index contributed by atoms with van der Waals surface area (Å²) in [6.07, 6.45) is 8.31. The predicted molar refractivity (Wildman–Crippen MR) is 117 cm³/mol. The summed E-state index contributed by atoms with van der Waals surface area (Å²) in [6.45, 7) is 2.16. The smallest absolute Gasteiger partial charge is 0.238 e. The summed E-state index contributed by atoms with van der Waals surface area (Å²) in [4.78, 5) is 11.4. The van der Waals surface area contributed by atoms with Crippen LogP contribution in [0.5, 0.6) is 0 Å². The number of likely N-dealkylation sites (tertiary alicyclic amines) is 1. The number of aromatic nitrogens is 7. The van der Waals surface area contributed by atoms with Crippen molar-refractivity contribution in [3.63, 3.8) is 0 Å². The highest BCUT2D eigenvalue weighted by Gasteiger charge is 2.19. The van der Waals surface area contributed by atoms with Crippen LogP contribution in [0.15, 0.2) is 47.8 Å². The van der Waals surface area contributed by atoms with Gasteiger partial charge < -0.3 is 4.90 Å². The second-order valence-electron chi connectivity index (χ2n) is 8.08. The summed E-state index contributed by atoms with van der Waals surface area (Å²) in [5, 5.41) is 18.0. The van der Waals surface area contributed by atoms with E-state index < -0.39 is 10.0 Å². The van der Waals surface area contributed by atoms with Crippen molar-refractivity contribution in [1.29, 1.82) is 0 Å². The molecule has 0 radical (unpaired) electrons. The van der Waals surface area contributed by atoms with E-state index in [1.807, 2.05) is 6.20 Å². The van der Waals surface area contributed by atoms with Crippen LogP contribution < -0.4 is 5.14 Å². The van der Waals surface area contributed by atoms with Gasteiger partial charge in [0.2, 0.25) is 10.0 Å². The van der Waals surface area contributed by atoms with E-state index in [-0.39, 0.29) is 4.90 Å². The monoisotopic (exact) mass is 453 g/mol. The van der Waals surface area contributed by atoms with E-state index >= 15 is 0 Å². The predicted octanol–water partition coefficient (Wildman–Crippen LogP) is 0.912. The molecule has 1 aliphatic rings. The van der Waals surface area contributed by atoms with E-state index in [9.17, 15) is 8.42 Å². The maximum absolute atomic E-state index is 11.5. The Hall–Kier alpha value is -3.22. The number of piperidine rings is 1. The van der Waals surface area contributed by atoms with Crippen LogP contribution in [-0.2, 0) is 16.4 Å². The van der Waals surface area contributed by atoms with Crippen LogP contribution in [0.3, 0.4) is 0 Å². The lowest BCUT2D eigenvalue weighted by Gasteiger charge is -2.28. The second kappa shape index (κ2) is 8.04. The van der Waals surface area contributed by atoms with Crippen molar-refractivity contribution >= 4 is 21.2 Å².